The quantitative estimate of drug-likeness (QED) is 0.752. The molecule has 0 spiro atoms. The number of hydrogen-bond acceptors (Lipinski definition) is 7. The van der Waals surface area contributed by atoms with Crippen LogP contribution in [0.3, 0.4) is 0 Å². The Hall–Kier alpha value is -2.00. The summed E-state index contributed by atoms with van der Waals surface area (Å²) in [6.45, 7) is 7.86. The number of carbonyl (C=O) groups excluding carboxylic acids is 1. The number of halogens is 1. The minimum Gasteiger partial charge on any atom is -0.339 e. The Labute approximate surface area is 170 Å². The Balaban J connectivity index is 0.00000225. The minimum atomic E-state index is -0.346. The van der Waals surface area contributed by atoms with Crippen molar-refractivity contribution in [3.8, 4) is 0 Å². The van der Waals surface area contributed by atoms with E-state index in [2.05, 4.69) is 31.1 Å². The maximum Gasteiger partial charge on any atom is 0.274 e. The molecule has 2 fully saturated rings. The molecule has 28 heavy (non-hydrogen) atoms. The number of hydrogen-bond donors (Lipinski definition) is 2. The summed E-state index contributed by atoms with van der Waals surface area (Å²) in [5.41, 5.74) is 1.16. The van der Waals surface area contributed by atoms with Crippen LogP contribution in [0, 0.1) is 12.8 Å². The van der Waals surface area contributed by atoms with Crippen molar-refractivity contribution in [1.82, 2.24) is 35.8 Å². The zero-order chi connectivity index (χ0) is 19.0. The summed E-state index contributed by atoms with van der Waals surface area (Å²) in [5, 5.41) is 18.8. The van der Waals surface area contributed by atoms with Gasteiger partial charge in [0, 0.05) is 5.92 Å². The predicted octanol–water partition coefficient (Wildman–Crippen LogP) is 2.32. The van der Waals surface area contributed by atoms with Crippen LogP contribution >= 0.6 is 12.4 Å². The molecule has 9 nitrogen and oxygen atoms in total. The van der Waals surface area contributed by atoms with Crippen LogP contribution in [-0.2, 0) is 0 Å². The van der Waals surface area contributed by atoms with Crippen LogP contribution in [0.25, 0.3) is 0 Å². The number of nitrogens with one attached hydrogen (secondary N) is 2. The number of carbonyl (C=O) groups is 1. The van der Waals surface area contributed by atoms with Gasteiger partial charge in [0.05, 0.1) is 11.7 Å². The van der Waals surface area contributed by atoms with Crippen molar-refractivity contribution in [3.05, 3.63) is 23.1 Å². The monoisotopic (exact) mass is 409 g/mol. The molecule has 3 heterocycles. The molecular formula is C18H28ClN7O2. The van der Waals surface area contributed by atoms with Crippen LogP contribution in [0.5, 0.6) is 0 Å². The lowest BCUT2D eigenvalue weighted by Crippen LogP contribution is -2.33. The highest BCUT2D eigenvalue weighted by atomic mass is 35.5. The molecule has 1 amide bonds. The van der Waals surface area contributed by atoms with E-state index in [1.165, 1.54) is 0 Å². The van der Waals surface area contributed by atoms with E-state index < -0.39 is 0 Å². The van der Waals surface area contributed by atoms with Crippen LogP contribution in [-0.4, -0.2) is 44.1 Å². The number of aromatic nitrogens is 5. The Morgan fingerprint density at radius 2 is 1.96 bits per heavy atom. The highest BCUT2D eigenvalue weighted by Gasteiger charge is 2.32. The number of piperidine rings is 1. The molecule has 1 aliphatic heterocycles. The maximum absolute atomic E-state index is 12.9. The summed E-state index contributed by atoms with van der Waals surface area (Å²) < 4.78 is 7.32. The van der Waals surface area contributed by atoms with Gasteiger partial charge in [0.1, 0.15) is 6.04 Å². The zero-order valence-corrected chi connectivity index (χ0v) is 17.3. The zero-order valence-electron chi connectivity index (χ0n) is 16.5. The number of rotatable bonds is 6. The van der Waals surface area contributed by atoms with Gasteiger partial charge in [0.25, 0.3) is 5.91 Å². The second-order valence-corrected chi connectivity index (χ2v) is 7.91. The van der Waals surface area contributed by atoms with Crippen LogP contribution in [0.4, 0.5) is 0 Å². The third kappa shape index (κ3) is 4.20. The average molecular weight is 410 g/mol. The highest BCUT2D eigenvalue weighted by molar-refractivity contribution is 5.93. The molecule has 1 saturated carbocycles. The SMILES string of the molecule is Cc1c(C(=O)NC(c2nc(C3CC3)no2)C(C)C)nnn1C1CCNCC1.Cl. The van der Waals surface area contributed by atoms with Crippen molar-refractivity contribution < 1.29 is 9.32 Å². The maximum atomic E-state index is 12.9. The second-order valence-electron chi connectivity index (χ2n) is 7.91. The van der Waals surface area contributed by atoms with Crippen molar-refractivity contribution >= 4 is 18.3 Å². The van der Waals surface area contributed by atoms with E-state index in [0.29, 0.717) is 23.5 Å². The molecule has 0 bridgehead atoms. The molecule has 1 aliphatic carbocycles. The minimum absolute atomic E-state index is 0. The van der Waals surface area contributed by atoms with Crippen LogP contribution < -0.4 is 10.6 Å². The first-order valence-electron chi connectivity index (χ1n) is 9.81. The lowest BCUT2D eigenvalue weighted by molar-refractivity contribution is 0.0908. The molecular weight excluding hydrogens is 382 g/mol. The number of amides is 1. The fraction of sp³-hybridized carbons (Fsp3) is 0.722. The predicted molar refractivity (Wildman–Crippen MR) is 104 cm³/mol. The van der Waals surface area contributed by atoms with E-state index in [0.717, 1.165) is 50.3 Å². The fourth-order valence-electron chi connectivity index (χ4n) is 3.55. The largest absolute Gasteiger partial charge is 0.339 e. The molecule has 4 rings (SSSR count). The van der Waals surface area contributed by atoms with E-state index in [4.69, 9.17) is 4.52 Å². The molecule has 0 radical (unpaired) electrons. The Morgan fingerprint density at radius 1 is 1.25 bits per heavy atom. The van der Waals surface area contributed by atoms with Crippen molar-refractivity contribution in [2.75, 3.05) is 13.1 Å². The van der Waals surface area contributed by atoms with Gasteiger partial charge in [0.2, 0.25) is 5.89 Å². The summed E-state index contributed by atoms with van der Waals surface area (Å²) >= 11 is 0. The lowest BCUT2D eigenvalue weighted by Gasteiger charge is -2.23. The Bertz CT molecular complexity index is 809. The van der Waals surface area contributed by atoms with E-state index in [1.807, 2.05) is 25.5 Å². The summed E-state index contributed by atoms with van der Waals surface area (Å²) in [6, 6.07) is -0.0563. The molecule has 2 aromatic heterocycles. The van der Waals surface area contributed by atoms with Crippen molar-refractivity contribution in [2.45, 2.75) is 64.5 Å². The average Bonchev–Trinajstić information content (AvgIpc) is 3.27. The molecule has 2 aromatic rings. The highest BCUT2D eigenvalue weighted by Crippen LogP contribution is 2.38. The second kappa shape index (κ2) is 8.57. The van der Waals surface area contributed by atoms with Crippen molar-refractivity contribution in [1.29, 1.82) is 0 Å². The Morgan fingerprint density at radius 3 is 2.61 bits per heavy atom. The van der Waals surface area contributed by atoms with Crippen molar-refractivity contribution in [2.24, 2.45) is 5.92 Å². The summed E-state index contributed by atoms with van der Waals surface area (Å²) in [6.07, 6.45) is 4.20. The molecule has 0 aromatic carbocycles. The van der Waals surface area contributed by atoms with Gasteiger partial charge in [-0.25, -0.2) is 4.68 Å². The van der Waals surface area contributed by atoms with E-state index >= 15 is 0 Å². The molecule has 10 heteroatoms. The normalized spacial score (nSPS) is 18.7. The van der Waals surface area contributed by atoms with Gasteiger partial charge in [-0.3, -0.25) is 4.79 Å². The smallest absolute Gasteiger partial charge is 0.274 e. The van der Waals surface area contributed by atoms with Crippen LogP contribution in [0.15, 0.2) is 4.52 Å². The van der Waals surface area contributed by atoms with Gasteiger partial charge in [-0.2, -0.15) is 4.98 Å². The topological polar surface area (TPSA) is 111 Å². The van der Waals surface area contributed by atoms with E-state index in [-0.39, 0.29) is 30.3 Å². The summed E-state index contributed by atoms with van der Waals surface area (Å²) in [5.74, 6) is 1.48. The van der Waals surface area contributed by atoms with Crippen LogP contribution in [0.2, 0.25) is 0 Å². The van der Waals surface area contributed by atoms with Gasteiger partial charge in [-0.05, 0) is 51.6 Å². The molecule has 2 N–H and O–H groups in total. The Kier molecular flexibility index (Phi) is 6.34. The van der Waals surface area contributed by atoms with Gasteiger partial charge >= 0.3 is 0 Å². The fourth-order valence-corrected chi connectivity index (χ4v) is 3.55. The van der Waals surface area contributed by atoms with Gasteiger partial charge in [-0.1, -0.05) is 24.2 Å². The molecule has 1 atom stereocenters. The first kappa shape index (κ1) is 20.7. The van der Waals surface area contributed by atoms with E-state index in [1.54, 1.807) is 0 Å². The van der Waals surface area contributed by atoms with E-state index in [9.17, 15) is 4.79 Å². The molecule has 1 saturated heterocycles. The van der Waals surface area contributed by atoms with Gasteiger partial charge in [0.15, 0.2) is 11.5 Å². The summed E-state index contributed by atoms with van der Waals surface area (Å²) in [4.78, 5) is 17.4. The molecule has 2 aliphatic rings. The summed E-state index contributed by atoms with van der Waals surface area (Å²) in [7, 11) is 0. The van der Waals surface area contributed by atoms with Crippen molar-refractivity contribution in [3.63, 3.8) is 0 Å². The van der Waals surface area contributed by atoms with Gasteiger partial charge in [-0.15, -0.1) is 17.5 Å². The first-order chi connectivity index (χ1) is 13.0. The first-order valence-corrected chi connectivity index (χ1v) is 9.81. The number of nitrogens with zero attached hydrogens (tertiary/aromatic N) is 5. The van der Waals surface area contributed by atoms with Gasteiger partial charge < -0.3 is 15.2 Å². The molecule has 1 unspecified atom stereocenters. The standard InChI is InChI=1S/C18H27N7O2.ClH/c1-10(2)14(18-21-16(23-27-18)12-4-5-12)20-17(26)15-11(3)25(24-22-15)13-6-8-19-9-7-13;/h10,12-14,19H,4-9H2,1-3H3,(H,20,26);1H. The molecule has 154 valence electrons. The lowest BCUT2D eigenvalue weighted by atomic mass is 10.0. The third-order valence-electron chi connectivity index (χ3n) is 5.42. The third-order valence-corrected chi connectivity index (χ3v) is 5.42. The van der Waals surface area contributed by atoms with Crippen LogP contribution in [0.1, 0.15) is 85.4 Å².